The van der Waals surface area contributed by atoms with Gasteiger partial charge in [0.25, 0.3) is 0 Å². The van der Waals surface area contributed by atoms with Gasteiger partial charge in [0.15, 0.2) is 0 Å². The fourth-order valence-electron chi connectivity index (χ4n) is 3.13. The molecule has 2 N–H and O–H groups in total. The summed E-state index contributed by atoms with van der Waals surface area (Å²) in [4.78, 5) is 2.50. The fraction of sp³-hybridized carbons (Fsp3) is 0.647. The highest BCUT2D eigenvalue weighted by atomic mass is 16.5. The first-order chi connectivity index (χ1) is 10.3. The molecule has 21 heavy (non-hydrogen) atoms. The highest BCUT2D eigenvalue weighted by molar-refractivity contribution is 5.70. The average Bonchev–Trinajstić information content (AvgIpc) is 2.76. The number of para-hydroxylation sites is 2. The van der Waals surface area contributed by atoms with Crippen molar-refractivity contribution in [1.82, 2.24) is 0 Å². The minimum Gasteiger partial charge on any atom is -0.396 e. The summed E-state index contributed by atoms with van der Waals surface area (Å²) < 4.78 is 5.27. The van der Waals surface area contributed by atoms with Crippen molar-refractivity contribution < 1.29 is 9.84 Å². The molecule has 2 saturated heterocycles. The lowest BCUT2D eigenvalue weighted by Crippen LogP contribution is -2.50. The number of nitrogens with zero attached hydrogens (tertiary/aromatic N) is 1. The van der Waals surface area contributed by atoms with E-state index in [-0.39, 0.29) is 12.0 Å². The van der Waals surface area contributed by atoms with Gasteiger partial charge >= 0.3 is 0 Å². The lowest BCUT2D eigenvalue weighted by atomic mass is 9.87. The SMILES string of the molecule is OCC1(CNc2ccccc2N2CCCCCC2)COC1. The third kappa shape index (κ3) is 3.33. The molecule has 0 spiro atoms. The maximum atomic E-state index is 9.54. The van der Waals surface area contributed by atoms with Gasteiger partial charge in [-0.05, 0) is 25.0 Å². The maximum Gasteiger partial charge on any atom is 0.0602 e. The fourth-order valence-corrected chi connectivity index (χ4v) is 3.13. The van der Waals surface area contributed by atoms with E-state index in [0.29, 0.717) is 13.2 Å². The smallest absolute Gasteiger partial charge is 0.0602 e. The molecule has 0 unspecified atom stereocenters. The highest BCUT2D eigenvalue weighted by Gasteiger charge is 2.38. The molecule has 2 fully saturated rings. The number of anilines is 2. The van der Waals surface area contributed by atoms with E-state index in [4.69, 9.17) is 4.74 Å². The van der Waals surface area contributed by atoms with Crippen molar-refractivity contribution in [2.45, 2.75) is 25.7 Å². The summed E-state index contributed by atoms with van der Waals surface area (Å²) in [5.41, 5.74) is 2.39. The molecule has 2 aliphatic rings. The first-order valence-electron chi connectivity index (χ1n) is 8.09. The molecule has 0 amide bonds. The zero-order chi connectivity index (χ0) is 14.5. The lowest BCUT2D eigenvalue weighted by molar-refractivity contribution is -0.128. The van der Waals surface area contributed by atoms with E-state index in [1.165, 1.54) is 37.1 Å². The van der Waals surface area contributed by atoms with Gasteiger partial charge in [-0.15, -0.1) is 0 Å². The first-order valence-corrected chi connectivity index (χ1v) is 8.09. The van der Waals surface area contributed by atoms with Crippen molar-refractivity contribution in [2.24, 2.45) is 5.41 Å². The van der Waals surface area contributed by atoms with E-state index in [1.807, 2.05) is 0 Å². The van der Waals surface area contributed by atoms with Crippen LogP contribution < -0.4 is 10.2 Å². The summed E-state index contributed by atoms with van der Waals surface area (Å²) in [5.74, 6) is 0. The van der Waals surface area contributed by atoms with Crippen molar-refractivity contribution in [3.8, 4) is 0 Å². The Kier molecular flexibility index (Phi) is 4.66. The van der Waals surface area contributed by atoms with Gasteiger partial charge in [0.1, 0.15) is 0 Å². The lowest BCUT2D eigenvalue weighted by Gasteiger charge is -2.40. The van der Waals surface area contributed by atoms with Crippen LogP contribution in [0.4, 0.5) is 11.4 Å². The Labute approximate surface area is 127 Å². The average molecular weight is 290 g/mol. The molecule has 4 nitrogen and oxygen atoms in total. The van der Waals surface area contributed by atoms with Crippen LogP contribution in [0.2, 0.25) is 0 Å². The minimum atomic E-state index is -0.0914. The molecule has 0 aromatic heterocycles. The van der Waals surface area contributed by atoms with Crippen LogP contribution in [0.15, 0.2) is 24.3 Å². The predicted octanol–water partition coefficient (Wildman–Crippen LogP) is 2.49. The molecule has 2 heterocycles. The second-order valence-corrected chi connectivity index (χ2v) is 6.42. The van der Waals surface area contributed by atoms with E-state index in [1.54, 1.807) is 0 Å². The van der Waals surface area contributed by atoms with Crippen molar-refractivity contribution >= 4 is 11.4 Å². The Morgan fingerprint density at radius 2 is 1.81 bits per heavy atom. The summed E-state index contributed by atoms with van der Waals surface area (Å²) >= 11 is 0. The van der Waals surface area contributed by atoms with Crippen LogP contribution in [0.25, 0.3) is 0 Å². The van der Waals surface area contributed by atoms with Crippen LogP contribution in [-0.2, 0) is 4.74 Å². The molecule has 0 radical (unpaired) electrons. The summed E-state index contributed by atoms with van der Waals surface area (Å²) in [6.07, 6.45) is 5.25. The van der Waals surface area contributed by atoms with Gasteiger partial charge in [-0.25, -0.2) is 0 Å². The van der Waals surface area contributed by atoms with Gasteiger partial charge in [-0.3, -0.25) is 0 Å². The largest absolute Gasteiger partial charge is 0.396 e. The first kappa shape index (κ1) is 14.7. The Balaban J connectivity index is 1.69. The zero-order valence-electron chi connectivity index (χ0n) is 12.7. The molecule has 0 saturated carbocycles. The molecular formula is C17H26N2O2. The molecule has 1 aromatic rings. The van der Waals surface area contributed by atoms with Crippen LogP contribution >= 0.6 is 0 Å². The van der Waals surface area contributed by atoms with Crippen LogP contribution in [-0.4, -0.2) is 44.6 Å². The number of benzene rings is 1. The Hall–Kier alpha value is -1.26. The second-order valence-electron chi connectivity index (χ2n) is 6.42. The van der Waals surface area contributed by atoms with Gasteiger partial charge in [0, 0.05) is 19.6 Å². The third-order valence-corrected chi connectivity index (χ3v) is 4.66. The van der Waals surface area contributed by atoms with E-state index < -0.39 is 0 Å². The minimum absolute atomic E-state index is 0.0914. The number of aliphatic hydroxyl groups excluding tert-OH is 1. The van der Waals surface area contributed by atoms with Crippen molar-refractivity contribution in [3.63, 3.8) is 0 Å². The second kappa shape index (κ2) is 6.67. The number of hydrogen-bond acceptors (Lipinski definition) is 4. The van der Waals surface area contributed by atoms with Gasteiger partial charge in [0.2, 0.25) is 0 Å². The number of rotatable bonds is 5. The van der Waals surface area contributed by atoms with E-state index in [2.05, 4.69) is 34.5 Å². The van der Waals surface area contributed by atoms with Crippen LogP contribution in [0.1, 0.15) is 25.7 Å². The monoisotopic (exact) mass is 290 g/mol. The highest BCUT2D eigenvalue weighted by Crippen LogP contribution is 2.31. The molecule has 0 atom stereocenters. The van der Waals surface area contributed by atoms with Gasteiger partial charge in [-0.2, -0.15) is 0 Å². The standard InChI is InChI=1S/C17H26N2O2/c20-12-17(13-21-14-17)11-18-15-7-3-4-8-16(15)19-9-5-1-2-6-10-19/h3-4,7-8,18,20H,1-2,5-6,9-14H2. The Bertz CT molecular complexity index is 446. The summed E-state index contributed by atoms with van der Waals surface area (Å²) in [6.45, 7) is 4.56. The molecule has 2 aliphatic heterocycles. The Morgan fingerprint density at radius 1 is 1.10 bits per heavy atom. The number of hydrogen-bond donors (Lipinski definition) is 2. The summed E-state index contributed by atoms with van der Waals surface area (Å²) in [6, 6.07) is 8.54. The normalized spacial score (nSPS) is 21.5. The molecule has 3 rings (SSSR count). The molecule has 116 valence electrons. The number of ether oxygens (including phenoxy) is 1. The molecule has 0 aliphatic carbocycles. The van der Waals surface area contributed by atoms with E-state index >= 15 is 0 Å². The molecule has 4 heteroatoms. The summed E-state index contributed by atoms with van der Waals surface area (Å²) in [5, 5.41) is 13.1. The quantitative estimate of drug-likeness (QED) is 0.874. The molecular weight excluding hydrogens is 264 g/mol. The summed E-state index contributed by atoms with van der Waals surface area (Å²) in [7, 11) is 0. The maximum absolute atomic E-state index is 9.54. The van der Waals surface area contributed by atoms with E-state index in [9.17, 15) is 5.11 Å². The van der Waals surface area contributed by atoms with Crippen LogP contribution in [0.3, 0.4) is 0 Å². The number of nitrogens with one attached hydrogen (secondary N) is 1. The van der Waals surface area contributed by atoms with Crippen molar-refractivity contribution in [2.75, 3.05) is 49.7 Å². The Morgan fingerprint density at radius 3 is 2.43 bits per heavy atom. The molecule has 1 aromatic carbocycles. The van der Waals surface area contributed by atoms with Crippen molar-refractivity contribution in [1.29, 1.82) is 0 Å². The van der Waals surface area contributed by atoms with E-state index in [0.717, 1.165) is 19.6 Å². The van der Waals surface area contributed by atoms with Gasteiger partial charge < -0.3 is 20.1 Å². The third-order valence-electron chi connectivity index (χ3n) is 4.66. The van der Waals surface area contributed by atoms with Crippen molar-refractivity contribution in [3.05, 3.63) is 24.3 Å². The van der Waals surface area contributed by atoms with Crippen LogP contribution in [0.5, 0.6) is 0 Å². The van der Waals surface area contributed by atoms with Gasteiger partial charge in [0.05, 0.1) is 36.6 Å². The van der Waals surface area contributed by atoms with Gasteiger partial charge in [-0.1, -0.05) is 25.0 Å². The van der Waals surface area contributed by atoms with Crippen LogP contribution in [0, 0.1) is 5.41 Å². The predicted molar refractivity (Wildman–Crippen MR) is 86.0 cm³/mol. The zero-order valence-corrected chi connectivity index (χ0v) is 12.7. The molecule has 0 bridgehead atoms. The number of aliphatic hydroxyl groups is 1. The topological polar surface area (TPSA) is 44.7 Å².